The van der Waals surface area contributed by atoms with Crippen LogP contribution in [0.3, 0.4) is 0 Å². The molecule has 1 fully saturated rings. The van der Waals surface area contributed by atoms with E-state index in [1.807, 2.05) is 57.2 Å². The quantitative estimate of drug-likeness (QED) is 0.245. The van der Waals surface area contributed by atoms with Gasteiger partial charge in [-0.2, -0.15) is 4.80 Å². The van der Waals surface area contributed by atoms with Crippen molar-refractivity contribution in [3.8, 4) is 17.1 Å². The van der Waals surface area contributed by atoms with Crippen LogP contribution in [0.2, 0.25) is 0 Å². The van der Waals surface area contributed by atoms with Crippen LogP contribution >= 0.6 is 0 Å². The number of aromatic nitrogens is 4. The maximum absolute atomic E-state index is 14.2. The second-order valence-electron chi connectivity index (χ2n) is 12.3. The lowest BCUT2D eigenvalue weighted by Gasteiger charge is -2.34. The number of ether oxygens (including phenoxy) is 1. The van der Waals surface area contributed by atoms with E-state index in [2.05, 4.69) is 20.7 Å². The number of carbonyl (C=O) groups excluding carboxylic acids is 2. The van der Waals surface area contributed by atoms with Crippen LogP contribution in [0.4, 0.5) is 10.1 Å². The largest absolute Gasteiger partial charge is 0.497 e. The van der Waals surface area contributed by atoms with Gasteiger partial charge in [-0.15, -0.1) is 10.2 Å². The van der Waals surface area contributed by atoms with Gasteiger partial charge in [0, 0.05) is 16.8 Å². The van der Waals surface area contributed by atoms with Crippen molar-refractivity contribution in [2.45, 2.75) is 76.9 Å². The van der Waals surface area contributed by atoms with Crippen molar-refractivity contribution in [1.82, 2.24) is 25.5 Å². The molecule has 0 aliphatic heterocycles. The predicted molar refractivity (Wildman–Crippen MR) is 167 cm³/mol. The lowest BCUT2D eigenvalue weighted by Crippen LogP contribution is -2.50. The van der Waals surface area contributed by atoms with Crippen LogP contribution in [0.15, 0.2) is 72.8 Å². The maximum Gasteiger partial charge on any atom is 0.251 e. The number of rotatable bonds is 9. The number of anilines is 1. The van der Waals surface area contributed by atoms with Crippen LogP contribution in [0.5, 0.6) is 5.75 Å². The normalized spacial score (nSPS) is 14.6. The number of nitrogens with one attached hydrogen (secondary N) is 1. The van der Waals surface area contributed by atoms with E-state index in [1.165, 1.54) is 58.8 Å². The van der Waals surface area contributed by atoms with E-state index in [1.54, 1.807) is 19.2 Å². The Labute approximate surface area is 257 Å². The first-order valence-electron chi connectivity index (χ1n) is 15.0. The van der Waals surface area contributed by atoms with Crippen molar-refractivity contribution >= 4 is 17.5 Å². The molecule has 1 aliphatic rings. The van der Waals surface area contributed by atoms with Gasteiger partial charge in [0.25, 0.3) is 5.91 Å². The molecule has 1 aromatic heterocycles. The molecule has 44 heavy (non-hydrogen) atoms. The van der Waals surface area contributed by atoms with Gasteiger partial charge in [-0.3, -0.25) is 14.5 Å². The molecule has 1 saturated carbocycles. The van der Waals surface area contributed by atoms with E-state index >= 15 is 0 Å². The van der Waals surface area contributed by atoms with Crippen LogP contribution in [0, 0.1) is 5.82 Å². The van der Waals surface area contributed by atoms with E-state index in [4.69, 9.17) is 4.74 Å². The number of nitrogens with zero attached hydrogens (tertiary/aromatic N) is 5. The SMILES string of the molecule is COc1ccc(-c2nnn(CC(=O)N(c3ccc(C4CCCCC4)cc3)C(C(=O)NC(C)(C)C)c3ccc(F)cc3)n2)cc1. The van der Waals surface area contributed by atoms with Crippen LogP contribution in [0.1, 0.15) is 76.0 Å². The lowest BCUT2D eigenvalue weighted by atomic mass is 9.84. The van der Waals surface area contributed by atoms with Gasteiger partial charge in [0.2, 0.25) is 11.7 Å². The molecule has 0 bridgehead atoms. The van der Waals surface area contributed by atoms with Crippen LogP contribution in [0.25, 0.3) is 11.4 Å². The molecular weight excluding hydrogens is 559 g/mol. The Hall–Kier alpha value is -4.60. The predicted octanol–water partition coefficient (Wildman–Crippen LogP) is 6.22. The summed E-state index contributed by atoms with van der Waals surface area (Å²) >= 11 is 0. The van der Waals surface area contributed by atoms with E-state index in [0.717, 1.165) is 12.8 Å². The van der Waals surface area contributed by atoms with E-state index in [9.17, 15) is 14.0 Å². The zero-order valence-electron chi connectivity index (χ0n) is 25.7. The summed E-state index contributed by atoms with van der Waals surface area (Å²) in [4.78, 5) is 30.8. The fourth-order valence-electron chi connectivity index (χ4n) is 5.64. The van der Waals surface area contributed by atoms with Gasteiger partial charge in [-0.25, -0.2) is 4.39 Å². The topological polar surface area (TPSA) is 102 Å². The summed E-state index contributed by atoms with van der Waals surface area (Å²) in [5.41, 5.74) is 2.39. The number of methoxy groups -OCH3 is 1. The molecule has 1 N–H and O–H groups in total. The van der Waals surface area contributed by atoms with Gasteiger partial charge in [-0.1, -0.05) is 43.5 Å². The molecule has 9 nitrogen and oxygen atoms in total. The molecule has 1 heterocycles. The van der Waals surface area contributed by atoms with Crippen LogP contribution in [-0.4, -0.2) is 44.7 Å². The Morgan fingerprint density at radius 2 is 1.64 bits per heavy atom. The summed E-state index contributed by atoms with van der Waals surface area (Å²) in [6, 6.07) is 19.7. The molecular formula is C34H39FN6O3. The monoisotopic (exact) mass is 598 g/mol. The Balaban J connectivity index is 1.51. The first kappa shape index (κ1) is 30.8. The third-order valence-corrected chi connectivity index (χ3v) is 7.78. The van der Waals surface area contributed by atoms with Crippen molar-refractivity contribution in [1.29, 1.82) is 0 Å². The molecule has 1 aliphatic carbocycles. The highest BCUT2D eigenvalue weighted by molar-refractivity contribution is 6.01. The molecule has 230 valence electrons. The first-order chi connectivity index (χ1) is 21.1. The highest BCUT2D eigenvalue weighted by Gasteiger charge is 2.35. The Morgan fingerprint density at radius 3 is 2.25 bits per heavy atom. The van der Waals surface area contributed by atoms with Crippen LogP contribution in [-0.2, 0) is 16.1 Å². The summed E-state index contributed by atoms with van der Waals surface area (Å²) in [7, 11) is 1.59. The molecule has 5 rings (SSSR count). The van der Waals surface area contributed by atoms with E-state index < -0.39 is 23.3 Å². The Kier molecular flexibility index (Phi) is 9.37. The third-order valence-electron chi connectivity index (χ3n) is 7.78. The van der Waals surface area contributed by atoms with Gasteiger partial charge < -0.3 is 10.1 Å². The lowest BCUT2D eigenvalue weighted by molar-refractivity contribution is -0.128. The van der Waals surface area contributed by atoms with Crippen molar-refractivity contribution in [3.05, 3.63) is 89.7 Å². The molecule has 0 saturated heterocycles. The molecule has 2 amide bonds. The number of benzene rings is 3. The minimum absolute atomic E-state index is 0.270. The van der Waals surface area contributed by atoms with Crippen molar-refractivity contribution in [2.75, 3.05) is 12.0 Å². The summed E-state index contributed by atoms with van der Waals surface area (Å²) in [6.45, 7) is 5.35. The second-order valence-corrected chi connectivity index (χ2v) is 12.3. The van der Waals surface area contributed by atoms with Crippen LogP contribution < -0.4 is 15.0 Å². The molecule has 4 aromatic rings. The minimum atomic E-state index is -1.08. The molecule has 0 radical (unpaired) electrons. The summed E-state index contributed by atoms with van der Waals surface area (Å²) in [5.74, 6) is 0.282. The Morgan fingerprint density at radius 1 is 0.977 bits per heavy atom. The minimum Gasteiger partial charge on any atom is -0.497 e. The van der Waals surface area contributed by atoms with E-state index in [0.29, 0.717) is 34.3 Å². The van der Waals surface area contributed by atoms with Gasteiger partial charge in [0.05, 0.1) is 7.11 Å². The van der Waals surface area contributed by atoms with Gasteiger partial charge >= 0.3 is 0 Å². The summed E-state index contributed by atoms with van der Waals surface area (Å²) in [6.07, 6.45) is 5.96. The number of carbonyl (C=O) groups is 2. The average Bonchev–Trinajstić information content (AvgIpc) is 3.48. The fourth-order valence-corrected chi connectivity index (χ4v) is 5.64. The Bertz CT molecular complexity index is 1560. The first-order valence-corrected chi connectivity index (χ1v) is 15.0. The summed E-state index contributed by atoms with van der Waals surface area (Å²) in [5, 5.41) is 15.7. The standard InChI is InChI=1S/C34H39FN6O3/c1-34(2,3)36-33(43)31(25-10-16-27(35)17-11-25)41(28-18-12-24(13-19-28)23-8-6-5-7-9-23)30(42)22-40-38-32(37-39-40)26-14-20-29(44-4)21-15-26/h10-21,23,31H,5-9,22H2,1-4H3,(H,36,43). The zero-order chi connectivity index (χ0) is 31.3. The molecule has 3 aromatic carbocycles. The van der Waals surface area contributed by atoms with Crippen molar-refractivity contribution in [2.24, 2.45) is 0 Å². The summed E-state index contributed by atoms with van der Waals surface area (Å²) < 4.78 is 19.2. The zero-order valence-corrected chi connectivity index (χ0v) is 25.7. The molecule has 1 unspecified atom stereocenters. The molecule has 1 atom stereocenters. The van der Waals surface area contributed by atoms with Crippen molar-refractivity contribution in [3.63, 3.8) is 0 Å². The van der Waals surface area contributed by atoms with Gasteiger partial charge in [-0.05, 0) is 104 Å². The highest BCUT2D eigenvalue weighted by atomic mass is 19.1. The fraction of sp³-hybridized carbons (Fsp3) is 0.382. The number of halogens is 1. The molecule has 0 spiro atoms. The van der Waals surface area contributed by atoms with Gasteiger partial charge in [0.1, 0.15) is 24.2 Å². The third kappa shape index (κ3) is 7.48. The highest BCUT2D eigenvalue weighted by Crippen LogP contribution is 2.35. The average molecular weight is 599 g/mol. The number of tetrazole rings is 1. The molecule has 10 heteroatoms. The maximum atomic E-state index is 14.2. The number of hydrogen-bond donors (Lipinski definition) is 1. The van der Waals surface area contributed by atoms with E-state index in [-0.39, 0.29) is 12.5 Å². The number of amides is 2. The number of hydrogen-bond acceptors (Lipinski definition) is 6. The second kappa shape index (κ2) is 13.4. The smallest absolute Gasteiger partial charge is 0.251 e. The van der Waals surface area contributed by atoms with Crippen molar-refractivity contribution < 1.29 is 18.7 Å². The van der Waals surface area contributed by atoms with Gasteiger partial charge in [0.15, 0.2) is 0 Å².